The van der Waals surface area contributed by atoms with E-state index in [0.29, 0.717) is 9.92 Å². The van der Waals surface area contributed by atoms with Crippen molar-refractivity contribution in [2.45, 2.75) is 20.7 Å². The van der Waals surface area contributed by atoms with Crippen molar-refractivity contribution in [2.75, 3.05) is 12.4 Å². The van der Waals surface area contributed by atoms with Crippen LogP contribution in [0, 0.1) is 0 Å². The second-order valence-electron chi connectivity index (χ2n) is 5.11. The second-order valence-corrected chi connectivity index (χ2v) is 8.66. The summed E-state index contributed by atoms with van der Waals surface area (Å²) in [4.78, 5) is 12.0. The third-order valence-electron chi connectivity index (χ3n) is 3.33. The first-order valence-corrected chi connectivity index (χ1v) is 10.0. The van der Waals surface area contributed by atoms with E-state index < -0.39 is 28.2 Å². The van der Waals surface area contributed by atoms with Crippen LogP contribution in [0.5, 0.6) is 0 Å². The van der Waals surface area contributed by atoms with E-state index >= 15 is 0 Å². The van der Waals surface area contributed by atoms with Crippen LogP contribution in [0.3, 0.4) is 0 Å². The molecule has 0 saturated carbocycles. The Morgan fingerprint density at radius 3 is 2.40 bits per heavy atom. The number of benzene rings is 2. The normalized spacial score (nSPS) is 12.6. The predicted octanol–water partition coefficient (Wildman–Crippen LogP) is 2.47. The highest BCUT2D eigenvalue weighted by Gasteiger charge is 2.26. The summed E-state index contributed by atoms with van der Waals surface area (Å²) in [6.45, 7) is -0.680. The number of hydrogen-bond donors (Lipinski definition) is 2. The van der Waals surface area contributed by atoms with Crippen molar-refractivity contribution < 1.29 is 23.5 Å². The van der Waals surface area contributed by atoms with Crippen LogP contribution in [0.1, 0.15) is 0 Å². The van der Waals surface area contributed by atoms with Crippen LogP contribution >= 0.6 is 23.4 Å². The molecule has 0 saturated heterocycles. The third-order valence-corrected chi connectivity index (χ3v) is 6.65. The molecule has 0 aromatic heterocycles. The molecule has 0 bridgehead atoms. The molecule has 1 amide bonds. The highest BCUT2D eigenvalue weighted by atomic mass is 35.5. The minimum atomic E-state index is -3.85. The van der Waals surface area contributed by atoms with Crippen molar-refractivity contribution in [1.82, 2.24) is 5.06 Å². The number of hydrogen-bond acceptors (Lipinski definition) is 6. The maximum atomic E-state index is 12.7. The number of carbonyl (C=O) groups is 1. The van der Waals surface area contributed by atoms with Gasteiger partial charge in [0.15, 0.2) is 9.84 Å². The van der Waals surface area contributed by atoms with E-state index in [0.717, 1.165) is 4.90 Å². The zero-order valence-electron chi connectivity index (χ0n) is 12.9. The molecule has 2 rings (SSSR count). The van der Waals surface area contributed by atoms with Gasteiger partial charge < -0.3 is 5.11 Å². The molecular weight excluding hydrogens is 386 g/mol. The predicted molar refractivity (Wildman–Crippen MR) is 94.6 cm³/mol. The fourth-order valence-corrected chi connectivity index (χ4v) is 5.14. The number of hydroxylamine groups is 2. The highest BCUT2D eigenvalue weighted by Crippen LogP contribution is 2.34. The number of sulfone groups is 1. The van der Waals surface area contributed by atoms with Crippen molar-refractivity contribution >= 4 is 39.6 Å². The number of halogens is 1. The van der Waals surface area contributed by atoms with Gasteiger partial charge in [-0.2, -0.15) is 0 Å². The third kappa shape index (κ3) is 5.20. The quantitative estimate of drug-likeness (QED) is 0.401. The molecule has 9 heteroatoms. The van der Waals surface area contributed by atoms with Gasteiger partial charge >= 0.3 is 0 Å². The molecule has 0 fully saturated rings. The van der Waals surface area contributed by atoms with Gasteiger partial charge in [0.25, 0.3) is 0 Å². The first kappa shape index (κ1) is 19.7. The number of nitrogens with zero attached hydrogens (tertiary/aromatic N) is 1. The lowest BCUT2D eigenvalue weighted by molar-refractivity contribution is -0.161. The molecule has 0 aliphatic rings. The van der Waals surface area contributed by atoms with Gasteiger partial charge in [-0.15, -0.1) is 0 Å². The number of amides is 1. The average molecular weight is 402 g/mol. The molecule has 0 aliphatic heterocycles. The lowest BCUT2D eigenvalue weighted by atomic mass is 10.3. The zero-order valence-corrected chi connectivity index (χ0v) is 15.3. The lowest BCUT2D eigenvalue weighted by Gasteiger charge is -2.20. The van der Waals surface area contributed by atoms with E-state index in [1.165, 1.54) is 17.8 Å². The Hall–Kier alpha value is -1.58. The monoisotopic (exact) mass is 401 g/mol. The van der Waals surface area contributed by atoms with Gasteiger partial charge in [-0.05, 0) is 36.4 Å². The van der Waals surface area contributed by atoms with Crippen LogP contribution in [0.4, 0.5) is 0 Å². The molecule has 0 radical (unpaired) electrons. The van der Waals surface area contributed by atoms with Crippen molar-refractivity contribution in [3.05, 3.63) is 53.6 Å². The highest BCUT2D eigenvalue weighted by molar-refractivity contribution is 8.00. The Morgan fingerprint density at radius 2 is 1.80 bits per heavy atom. The largest absolute Gasteiger partial charge is 0.394 e. The van der Waals surface area contributed by atoms with E-state index in [4.69, 9.17) is 11.6 Å². The number of carbonyl (C=O) groups excluding carboxylic acids is 1. The fraction of sp³-hybridized carbons (Fsp3) is 0.188. The van der Waals surface area contributed by atoms with Crippen molar-refractivity contribution in [3.8, 4) is 0 Å². The SMILES string of the molecule is O=CN(O)C(CO)CS(=O)(=O)c1ccccc1Sc1ccc(Cl)cc1. The minimum absolute atomic E-state index is 0.0603. The second kappa shape index (κ2) is 8.68. The molecule has 2 aromatic carbocycles. The average Bonchev–Trinajstić information content (AvgIpc) is 2.61. The summed E-state index contributed by atoms with van der Waals surface area (Å²) in [5.74, 6) is -0.600. The van der Waals surface area contributed by atoms with E-state index in [1.807, 2.05) is 0 Å². The van der Waals surface area contributed by atoms with Crippen LogP contribution in [0.25, 0.3) is 0 Å². The summed E-state index contributed by atoms with van der Waals surface area (Å²) in [6, 6.07) is 12.1. The number of aliphatic hydroxyl groups excluding tert-OH is 1. The summed E-state index contributed by atoms with van der Waals surface area (Å²) in [5.41, 5.74) is 0. The van der Waals surface area contributed by atoms with Crippen LogP contribution in [-0.4, -0.2) is 48.6 Å². The number of aliphatic hydroxyl groups is 1. The van der Waals surface area contributed by atoms with E-state index in [1.54, 1.807) is 42.5 Å². The Morgan fingerprint density at radius 1 is 1.16 bits per heavy atom. The molecule has 2 N–H and O–H groups in total. The molecule has 0 spiro atoms. The first-order valence-electron chi connectivity index (χ1n) is 7.16. The molecule has 0 aliphatic carbocycles. The molecule has 25 heavy (non-hydrogen) atoms. The fourth-order valence-electron chi connectivity index (χ4n) is 2.06. The topological polar surface area (TPSA) is 94.9 Å². The van der Waals surface area contributed by atoms with Gasteiger partial charge in [-0.1, -0.05) is 35.5 Å². The molecule has 1 unspecified atom stereocenters. The molecule has 6 nitrogen and oxygen atoms in total. The smallest absolute Gasteiger partial charge is 0.233 e. The maximum absolute atomic E-state index is 12.7. The van der Waals surface area contributed by atoms with Crippen LogP contribution in [-0.2, 0) is 14.6 Å². The van der Waals surface area contributed by atoms with Crippen molar-refractivity contribution in [1.29, 1.82) is 0 Å². The van der Waals surface area contributed by atoms with Crippen LogP contribution in [0.2, 0.25) is 5.02 Å². The summed E-state index contributed by atoms with van der Waals surface area (Å²) in [5, 5.41) is 19.3. The Kier molecular flexibility index (Phi) is 6.86. The molecule has 2 aromatic rings. The van der Waals surface area contributed by atoms with E-state index in [-0.39, 0.29) is 16.4 Å². The number of rotatable bonds is 8. The van der Waals surface area contributed by atoms with Gasteiger partial charge in [0.1, 0.15) is 0 Å². The summed E-state index contributed by atoms with van der Waals surface area (Å²) in [7, 11) is -3.85. The molecular formula is C16H16ClNO5S2. The Balaban J connectivity index is 2.32. The summed E-state index contributed by atoms with van der Waals surface area (Å²) >= 11 is 7.10. The van der Waals surface area contributed by atoms with Crippen LogP contribution < -0.4 is 0 Å². The van der Waals surface area contributed by atoms with E-state index in [2.05, 4.69) is 0 Å². The van der Waals surface area contributed by atoms with E-state index in [9.17, 15) is 23.5 Å². The van der Waals surface area contributed by atoms with Crippen molar-refractivity contribution in [2.24, 2.45) is 0 Å². The standard InChI is InChI=1S/C16H16ClNO5S2/c17-12-5-7-14(8-6-12)24-15-3-1-2-4-16(15)25(22,23)10-13(9-19)18(21)11-20/h1-8,11,13,19,21H,9-10H2. The first-order chi connectivity index (χ1) is 11.9. The molecule has 0 heterocycles. The minimum Gasteiger partial charge on any atom is -0.394 e. The summed E-state index contributed by atoms with van der Waals surface area (Å²) < 4.78 is 25.4. The Bertz CT molecular complexity index is 827. The van der Waals surface area contributed by atoms with Gasteiger partial charge in [0, 0.05) is 14.8 Å². The molecule has 1 atom stereocenters. The van der Waals surface area contributed by atoms with Gasteiger partial charge in [-0.3, -0.25) is 10.0 Å². The molecule has 134 valence electrons. The van der Waals surface area contributed by atoms with Gasteiger partial charge in [0.05, 0.1) is 23.3 Å². The maximum Gasteiger partial charge on any atom is 0.233 e. The zero-order chi connectivity index (χ0) is 18.4. The lowest BCUT2D eigenvalue weighted by Crippen LogP contribution is -2.39. The van der Waals surface area contributed by atoms with Gasteiger partial charge in [-0.25, -0.2) is 13.5 Å². The van der Waals surface area contributed by atoms with Crippen LogP contribution in [0.15, 0.2) is 63.2 Å². The van der Waals surface area contributed by atoms with Crippen molar-refractivity contribution in [3.63, 3.8) is 0 Å². The Labute approximate surface area is 154 Å². The summed E-state index contributed by atoms with van der Waals surface area (Å²) in [6.07, 6.45) is 0.0603. The van der Waals surface area contributed by atoms with Gasteiger partial charge in [0.2, 0.25) is 6.41 Å².